The summed E-state index contributed by atoms with van der Waals surface area (Å²) in [4.78, 5) is 30.9. The van der Waals surface area contributed by atoms with Gasteiger partial charge in [-0.2, -0.15) is 0 Å². The molecule has 5 rings (SSSR count). The van der Waals surface area contributed by atoms with E-state index in [1.807, 2.05) is 72.8 Å². The zero-order chi connectivity index (χ0) is 23.5. The highest BCUT2D eigenvalue weighted by Gasteiger charge is 2.29. The standard InChI is InChI=1S/C26H23N3O3S2/c1-32-19-11-14-21-22(15-19)34-26(28-21)29-25(31)23(16-5-3-2-4-6-16)33-20-12-9-18(10-13-20)27-24(30)17-7-8-17/h2-6,9-15,17,23H,7-8H2,1H3,(H,27,30)(H,28,29,31). The van der Waals surface area contributed by atoms with Crippen molar-refractivity contribution in [3.05, 3.63) is 78.4 Å². The Labute approximate surface area is 205 Å². The van der Waals surface area contributed by atoms with Crippen LogP contribution in [0, 0.1) is 5.92 Å². The Kier molecular flexibility index (Phi) is 6.51. The average molecular weight is 490 g/mol. The molecule has 1 aliphatic carbocycles. The molecule has 172 valence electrons. The number of nitrogens with zero attached hydrogens (tertiary/aromatic N) is 1. The van der Waals surface area contributed by atoms with Gasteiger partial charge in [-0.25, -0.2) is 4.98 Å². The minimum Gasteiger partial charge on any atom is -0.497 e. The molecule has 0 aliphatic heterocycles. The lowest BCUT2D eigenvalue weighted by molar-refractivity contribution is -0.117. The van der Waals surface area contributed by atoms with Crippen molar-refractivity contribution in [2.24, 2.45) is 5.92 Å². The molecule has 0 saturated heterocycles. The molecule has 1 unspecified atom stereocenters. The molecular formula is C26H23N3O3S2. The van der Waals surface area contributed by atoms with Crippen LogP contribution in [0.5, 0.6) is 5.75 Å². The third-order valence-corrected chi connectivity index (χ3v) is 7.69. The number of amides is 2. The van der Waals surface area contributed by atoms with Crippen molar-refractivity contribution in [2.75, 3.05) is 17.7 Å². The van der Waals surface area contributed by atoms with Crippen LogP contribution >= 0.6 is 23.1 Å². The van der Waals surface area contributed by atoms with E-state index >= 15 is 0 Å². The van der Waals surface area contributed by atoms with Crippen molar-refractivity contribution >= 4 is 55.9 Å². The number of thiazole rings is 1. The number of carbonyl (C=O) groups is 2. The van der Waals surface area contributed by atoms with Crippen molar-refractivity contribution in [2.45, 2.75) is 23.0 Å². The van der Waals surface area contributed by atoms with E-state index in [4.69, 9.17) is 4.74 Å². The van der Waals surface area contributed by atoms with Crippen LogP contribution in [0.25, 0.3) is 10.2 Å². The lowest BCUT2D eigenvalue weighted by Crippen LogP contribution is -2.18. The SMILES string of the molecule is COc1ccc2nc(NC(=O)C(Sc3ccc(NC(=O)C4CC4)cc3)c3ccccc3)sc2c1. The second-order valence-electron chi connectivity index (χ2n) is 8.04. The molecule has 6 nitrogen and oxygen atoms in total. The van der Waals surface area contributed by atoms with Crippen LogP contribution in [-0.2, 0) is 9.59 Å². The highest BCUT2D eigenvalue weighted by atomic mass is 32.2. The van der Waals surface area contributed by atoms with Crippen LogP contribution in [0.2, 0.25) is 0 Å². The molecule has 8 heteroatoms. The smallest absolute Gasteiger partial charge is 0.244 e. The molecule has 1 fully saturated rings. The van der Waals surface area contributed by atoms with Gasteiger partial charge in [-0.05, 0) is 60.9 Å². The molecule has 0 spiro atoms. The van der Waals surface area contributed by atoms with Crippen LogP contribution in [0.1, 0.15) is 23.7 Å². The number of anilines is 2. The highest BCUT2D eigenvalue weighted by molar-refractivity contribution is 8.00. The number of carbonyl (C=O) groups excluding carboxylic acids is 2. The summed E-state index contributed by atoms with van der Waals surface area (Å²) >= 11 is 2.88. The Balaban J connectivity index is 1.33. The van der Waals surface area contributed by atoms with Gasteiger partial charge in [0.25, 0.3) is 0 Å². The van der Waals surface area contributed by atoms with Gasteiger partial charge in [-0.1, -0.05) is 41.7 Å². The first-order valence-corrected chi connectivity index (χ1v) is 12.7. The van der Waals surface area contributed by atoms with Gasteiger partial charge in [0.05, 0.1) is 17.3 Å². The quantitative estimate of drug-likeness (QED) is 0.291. The summed E-state index contributed by atoms with van der Waals surface area (Å²) in [6.07, 6.45) is 1.94. The van der Waals surface area contributed by atoms with Gasteiger partial charge in [0.15, 0.2) is 5.13 Å². The Bertz CT molecular complexity index is 1320. The van der Waals surface area contributed by atoms with E-state index in [1.54, 1.807) is 7.11 Å². The minimum atomic E-state index is -0.463. The monoisotopic (exact) mass is 489 g/mol. The first-order valence-electron chi connectivity index (χ1n) is 11.0. The van der Waals surface area contributed by atoms with Crippen molar-refractivity contribution in [3.63, 3.8) is 0 Å². The summed E-state index contributed by atoms with van der Waals surface area (Å²) in [6.45, 7) is 0. The molecule has 0 radical (unpaired) electrons. The molecule has 1 aliphatic rings. The Morgan fingerprint density at radius 2 is 1.79 bits per heavy atom. The van der Waals surface area contributed by atoms with E-state index in [0.29, 0.717) is 5.13 Å². The van der Waals surface area contributed by atoms with Crippen molar-refractivity contribution < 1.29 is 14.3 Å². The zero-order valence-corrected chi connectivity index (χ0v) is 20.1. The van der Waals surface area contributed by atoms with Gasteiger partial charge in [-0.15, -0.1) is 11.8 Å². The van der Waals surface area contributed by atoms with Gasteiger partial charge in [0, 0.05) is 16.5 Å². The topological polar surface area (TPSA) is 80.3 Å². The summed E-state index contributed by atoms with van der Waals surface area (Å²) < 4.78 is 6.23. The Hall–Kier alpha value is -3.36. The van der Waals surface area contributed by atoms with Gasteiger partial charge >= 0.3 is 0 Å². The third kappa shape index (κ3) is 5.24. The largest absolute Gasteiger partial charge is 0.497 e. The molecule has 2 amide bonds. The lowest BCUT2D eigenvalue weighted by Gasteiger charge is -2.16. The van der Waals surface area contributed by atoms with E-state index in [2.05, 4.69) is 15.6 Å². The maximum atomic E-state index is 13.4. The number of thioether (sulfide) groups is 1. The molecule has 0 bridgehead atoms. The number of methoxy groups -OCH3 is 1. The Morgan fingerprint density at radius 3 is 2.50 bits per heavy atom. The highest BCUT2D eigenvalue weighted by Crippen LogP contribution is 2.38. The minimum absolute atomic E-state index is 0.0791. The number of rotatable bonds is 8. The molecule has 4 aromatic rings. The molecule has 3 aromatic carbocycles. The summed E-state index contributed by atoms with van der Waals surface area (Å²) in [5, 5.41) is 6.03. The summed E-state index contributed by atoms with van der Waals surface area (Å²) in [6, 6.07) is 23.0. The normalized spacial score (nSPS) is 13.9. The van der Waals surface area contributed by atoms with Crippen molar-refractivity contribution in [1.29, 1.82) is 0 Å². The summed E-state index contributed by atoms with van der Waals surface area (Å²) in [5.41, 5.74) is 2.49. The molecule has 1 saturated carbocycles. The predicted octanol–water partition coefficient (Wildman–Crippen LogP) is 6.13. The summed E-state index contributed by atoms with van der Waals surface area (Å²) in [7, 11) is 1.63. The molecule has 1 aromatic heterocycles. The van der Waals surface area contributed by atoms with Crippen LogP contribution in [-0.4, -0.2) is 23.9 Å². The van der Waals surface area contributed by atoms with Gasteiger partial charge in [-0.3, -0.25) is 9.59 Å². The number of ether oxygens (including phenoxy) is 1. The van der Waals surface area contributed by atoms with Gasteiger partial charge in [0.1, 0.15) is 11.0 Å². The molecule has 2 N–H and O–H groups in total. The molecule has 1 atom stereocenters. The molecular weight excluding hydrogens is 466 g/mol. The number of hydrogen-bond acceptors (Lipinski definition) is 6. The number of nitrogens with one attached hydrogen (secondary N) is 2. The van der Waals surface area contributed by atoms with Gasteiger partial charge in [0.2, 0.25) is 11.8 Å². The van der Waals surface area contributed by atoms with E-state index in [-0.39, 0.29) is 17.7 Å². The molecule has 34 heavy (non-hydrogen) atoms. The zero-order valence-electron chi connectivity index (χ0n) is 18.5. The number of benzene rings is 3. The summed E-state index contributed by atoms with van der Waals surface area (Å²) in [5.74, 6) is 0.844. The number of hydrogen-bond donors (Lipinski definition) is 2. The first kappa shape index (κ1) is 22.4. The van der Waals surface area contributed by atoms with Crippen LogP contribution in [0.4, 0.5) is 10.8 Å². The van der Waals surface area contributed by atoms with Gasteiger partial charge < -0.3 is 15.4 Å². The van der Waals surface area contributed by atoms with Crippen LogP contribution < -0.4 is 15.4 Å². The fourth-order valence-corrected chi connectivity index (χ4v) is 5.42. The van der Waals surface area contributed by atoms with Crippen LogP contribution in [0.3, 0.4) is 0 Å². The predicted molar refractivity (Wildman–Crippen MR) is 138 cm³/mol. The maximum absolute atomic E-state index is 13.4. The van der Waals surface area contributed by atoms with Crippen LogP contribution in [0.15, 0.2) is 77.7 Å². The fraction of sp³-hybridized carbons (Fsp3) is 0.192. The second kappa shape index (κ2) is 9.87. The fourth-order valence-electron chi connectivity index (χ4n) is 3.50. The van der Waals surface area contributed by atoms with Crippen molar-refractivity contribution in [1.82, 2.24) is 4.98 Å². The first-order chi connectivity index (χ1) is 16.6. The number of aromatic nitrogens is 1. The number of fused-ring (bicyclic) bond motifs is 1. The van der Waals surface area contributed by atoms with Crippen molar-refractivity contribution in [3.8, 4) is 5.75 Å². The van der Waals surface area contributed by atoms with E-state index < -0.39 is 5.25 Å². The lowest BCUT2D eigenvalue weighted by atomic mass is 10.1. The second-order valence-corrected chi connectivity index (χ2v) is 10.2. The van der Waals surface area contributed by atoms with E-state index in [1.165, 1.54) is 23.1 Å². The molecule has 1 heterocycles. The average Bonchev–Trinajstić information content (AvgIpc) is 3.64. The maximum Gasteiger partial charge on any atom is 0.244 e. The van der Waals surface area contributed by atoms with E-state index in [0.717, 1.165) is 45.0 Å². The Morgan fingerprint density at radius 1 is 1.03 bits per heavy atom. The van der Waals surface area contributed by atoms with E-state index in [9.17, 15) is 9.59 Å². The third-order valence-electron chi connectivity index (χ3n) is 5.49.